The van der Waals surface area contributed by atoms with Gasteiger partial charge in [0, 0.05) is 18.5 Å². The van der Waals surface area contributed by atoms with E-state index in [1.165, 1.54) is 0 Å². The summed E-state index contributed by atoms with van der Waals surface area (Å²) in [6, 6.07) is 9.20. The molecule has 7 heteroatoms. The van der Waals surface area contributed by atoms with Gasteiger partial charge in [-0.25, -0.2) is 0 Å². The van der Waals surface area contributed by atoms with Gasteiger partial charge in [-0.1, -0.05) is 19.9 Å². The lowest BCUT2D eigenvalue weighted by Crippen LogP contribution is -2.46. The quantitative estimate of drug-likeness (QED) is 0.679. The highest BCUT2D eigenvalue weighted by molar-refractivity contribution is 5.86. The molecule has 0 radical (unpaired) electrons. The zero-order valence-electron chi connectivity index (χ0n) is 17.4. The van der Waals surface area contributed by atoms with Crippen LogP contribution < -0.4 is 9.47 Å². The van der Waals surface area contributed by atoms with E-state index in [4.69, 9.17) is 13.9 Å². The van der Waals surface area contributed by atoms with Gasteiger partial charge in [0.2, 0.25) is 18.6 Å². The minimum absolute atomic E-state index is 0.0277. The van der Waals surface area contributed by atoms with Crippen molar-refractivity contribution in [2.45, 2.75) is 46.8 Å². The van der Waals surface area contributed by atoms with E-state index in [0.717, 1.165) is 5.56 Å². The number of carbonyl (C=O) groups excluding carboxylic acids is 2. The molecule has 156 valence electrons. The number of furan rings is 1. The molecule has 1 aliphatic heterocycles. The Morgan fingerprint density at radius 3 is 2.45 bits per heavy atom. The van der Waals surface area contributed by atoms with Gasteiger partial charge in [-0.15, -0.1) is 0 Å². The fourth-order valence-electron chi connectivity index (χ4n) is 3.17. The number of ether oxygens (including phenoxy) is 2. The van der Waals surface area contributed by atoms with Gasteiger partial charge >= 0.3 is 0 Å². The number of hydrogen-bond donors (Lipinski definition) is 0. The molecule has 7 nitrogen and oxygen atoms in total. The van der Waals surface area contributed by atoms with E-state index < -0.39 is 0 Å². The third-order valence-electron chi connectivity index (χ3n) is 4.80. The molecule has 29 heavy (non-hydrogen) atoms. The first kappa shape index (κ1) is 20.8. The van der Waals surface area contributed by atoms with Crippen LogP contribution in [-0.4, -0.2) is 41.0 Å². The highest BCUT2D eigenvalue weighted by Crippen LogP contribution is 2.33. The smallest absolute Gasteiger partial charge is 0.242 e. The zero-order valence-corrected chi connectivity index (χ0v) is 17.4. The molecular weight excluding hydrogens is 372 g/mol. The SMILES string of the molecule is CC(C)C(=O)N(CC(=O)N(Cc1ccc2c(c1)OCO2)Cc1ccco1)C(C)C. The zero-order chi connectivity index (χ0) is 21.0. The van der Waals surface area contributed by atoms with Crippen molar-refractivity contribution >= 4 is 11.8 Å². The van der Waals surface area contributed by atoms with E-state index in [0.29, 0.717) is 30.3 Å². The maximum absolute atomic E-state index is 13.2. The lowest BCUT2D eigenvalue weighted by molar-refractivity contribution is -0.144. The van der Waals surface area contributed by atoms with E-state index in [-0.39, 0.29) is 37.1 Å². The van der Waals surface area contributed by atoms with Gasteiger partial charge < -0.3 is 23.7 Å². The van der Waals surface area contributed by atoms with Crippen LogP contribution in [0.2, 0.25) is 0 Å². The Kier molecular flexibility index (Phi) is 6.46. The van der Waals surface area contributed by atoms with Gasteiger partial charge in [0.15, 0.2) is 11.5 Å². The molecule has 0 unspecified atom stereocenters. The molecular formula is C22H28N2O5. The predicted molar refractivity (Wildman–Crippen MR) is 107 cm³/mol. The van der Waals surface area contributed by atoms with Crippen molar-refractivity contribution < 1.29 is 23.5 Å². The Morgan fingerprint density at radius 2 is 1.79 bits per heavy atom. The second-order valence-corrected chi connectivity index (χ2v) is 7.73. The van der Waals surface area contributed by atoms with Crippen LogP contribution in [0.3, 0.4) is 0 Å². The average Bonchev–Trinajstić information content (AvgIpc) is 3.35. The summed E-state index contributed by atoms with van der Waals surface area (Å²) >= 11 is 0. The first-order chi connectivity index (χ1) is 13.8. The van der Waals surface area contributed by atoms with Gasteiger partial charge in [0.05, 0.1) is 12.8 Å². The second kappa shape index (κ2) is 9.03. The van der Waals surface area contributed by atoms with Crippen molar-refractivity contribution in [1.82, 2.24) is 9.80 Å². The van der Waals surface area contributed by atoms with Crippen LogP contribution >= 0.6 is 0 Å². The van der Waals surface area contributed by atoms with Crippen LogP contribution in [0, 0.1) is 5.92 Å². The number of amides is 2. The minimum Gasteiger partial charge on any atom is -0.467 e. The Bertz CT molecular complexity index is 845. The van der Waals surface area contributed by atoms with Crippen LogP contribution in [-0.2, 0) is 22.7 Å². The fourth-order valence-corrected chi connectivity index (χ4v) is 3.17. The molecule has 0 spiro atoms. The Balaban J connectivity index is 1.78. The molecule has 0 aliphatic carbocycles. The normalized spacial score (nSPS) is 12.5. The summed E-state index contributed by atoms with van der Waals surface area (Å²) in [7, 11) is 0. The van der Waals surface area contributed by atoms with Crippen LogP contribution in [0.25, 0.3) is 0 Å². The van der Waals surface area contributed by atoms with Crippen LogP contribution in [0.15, 0.2) is 41.0 Å². The molecule has 2 aromatic rings. The largest absolute Gasteiger partial charge is 0.467 e. The van der Waals surface area contributed by atoms with E-state index in [9.17, 15) is 9.59 Å². The van der Waals surface area contributed by atoms with Gasteiger partial charge in [-0.05, 0) is 43.7 Å². The van der Waals surface area contributed by atoms with Crippen LogP contribution in [0.1, 0.15) is 39.0 Å². The maximum atomic E-state index is 13.2. The van der Waals surface area contributed by atoms with Crippen molar-refractivity contribution in [3.63, 3.8) is 0 Å². The maximum Gasteiger partial charge on any atom is 0.242 e. The van der Waals surface area contributed by atoms with Gasteiger partial charge in [-0.2, -0.15) is 0 Å². The van der Waals surface area contributed by atoms with Gasteiger partial charge in [0.1, 0.15) is 12.3 Å². The van der Waals surface area contributed by atoms with E-state index in [1.54, 1.807) is 22.1 Å². The molecule has 1 aliphatic rings. The predicted octanol–water partition coefficient (Wildman–Crippen LogP) is 3.43. The van der Waals surface area contributed by atoms with Gasteiger partial charge in [-0.3, -0.25) is 9.59 Å². The molecule has 0 saturated heterocycles. The third-order valence-corrected chi connectivity index (χ3v) is 4.80. The molecule has 2 amide bonds. The van der Waals surface area contributed by atoms with Crippen molar-refractivity contribution in [3.05, 3.63) is 47.9 Å². The molecule has 0 N–H and O–H groups in total. The first-order valence-electron chi connectivity index (χ1n) is 9.84. The number of nitrogens with zero attached hydrogens (tertiary/aromatic N) is 2. The fraction of sp³-hybridized carbons (Fsp3) is 0.455. The first-order valence-corrected chi connectivity index (χ1v) is 9.84. The standard InChI is InChI=1S/C22H28N2O5/c1-15(2)22(26)24(16(3)4)13-21(25)23(12-18-6-5-9-27-18)11-17-7-8-19-20(10-17)29-14-28-19/h5-10,15-16H,11-14H2,1-4H3. The monoisotopic (exact) mass is 400 g/mol. The number of benzene rings is 1. The highest BCUT2D eigenvalue weighted by atomic mass is 16.7. The van der Waals surface area contributed by atoms with E-state index in [2.05, 4.69) is 0 Å². The lowest BCUT2D eigenvalue weighted by Gasteiger charge is -2.31. The highest BCUT2D eigenvalue weighted by Gasteiger charge is 2.26. The number of hydrogen-bond acceptors (Lipinski definition) is 5. The van der Waals surface area contributed by atoms with Crippen LogP contribution in [0.5, 0.6) is 11.5 Å². The van der Waals surface area contributed by atoms with Crippen molar-refractivity contribution in [3.8, 4) is 11.5 Å². The average molecular weight is 400 g/mol. The summed E-state index contributed by atoms with van der Waals surface area (Å²) in [5, 5.41) is 0. The Labute approximate surface area is 171 Å². The minimum atomic E-state index is -0.169. The lowest BCUT2D eigenvalue weighted by atomic mass is 10.1. The molecule has 1 aromatic carbocycles. The van der Waals surface area contributed by atoms with Crippen LogP contribution in [0.4, 0.5) is 0 Å². The molecule has 0 atom stereocenters. The van der Waals surface area contributed by atoms with Gasteiger partial charge in [0.25, 0.3) is 0 Å². The third kappa shape index (κ3) is 5.10. The molecule has 0 fully saturated rings. The molecule has 1 aromatic heterocycles. The summed E-state index contributed by atoms with van der Waals surface area (Å²) in [6.45, 7) is 8.45. The Hall–Kier alpha value is -2.96. The summed E-state index contributed by atoms with van der Waals surface area (Å²) in [5.74, 6) is 1.72. The van der Waals surface area contributed by atoms with E-state index >= 15 is 0 Å². The summed E-state index contributed by atoms with van der Waals surface area (Å²) in [6.07, 6.45) is 1.58. The van der Waals surface area contributed by atoms with E-state index in [1.807, 2.05) is 52.0 Å². The molecule has 0 saturated carbocycles. The topological polar surface area (TPSA) is 72.2 Å². The van der Waals surface area contributed by atoms with Crippen molar-refractivity contribution in [2.24, 2.45) is 5.92 Å². The summed E-state index contributed by atoms with van der Waals surface area (Å²) < 4.78 is 16.2. The summed E-state index contributed by atoms with van der Waals surface area (Å²) in [5.41, 5.74) is 0.917. The Morgan fingerprint density at radius 1 is 1.03 bits per heavy atom. The molecule has 0 bridgehead atoms. The van der Waals surface area contributed by atoms with Crippen molar-refractivity contribution in [1.29, 1.82) is 0 Å². The molecule has 2 heterocycles. The number of carbonyl (C=O) groups is 2. The number of rotatable bonds is 8. The second-order valence-electron chi connectivity index (χ2n) is 7.73. The molecule has 3 rings (SSSR count). The number of fused-ring (bicyclic) bond motifs is 1. The van der Waals surface area contributed by atoms with Crippen molar-refractivity contribution in [2.75, 3.05) is 13.3 Å². The summed E-state index contributed by atoms with van der Waals surface area (Å²) in [4.78, 5) is 29.1.